The first kappa shape index (κ1) is 18.1. The average Bonchev–Trinajstić information content (AvgIpc) is 3.46. The van der Waals surface area contributed by atoms with E-state index in [-0.39, 0.29) is 17.9 Å². The number of hydrogen-bond acceptors (Lipinski definition) is 4. The van der Waals surface area contributed by atoms with E-state index in [0.29, 0.717) is 25.6 Å². The van der Waals surface area contributed by atoms with E-state index in [2.05, 4.69) is 22.1 Å². The number of carbonyl (C=O) groups excluding carboxylic acids is 2. The molecule has 7 heteroatoms. The number of aryl methyl sites for hydroxylation is 1. The number of pyridine rings is 1. The summed E-state index contributed by atoms with van der Waals surface area (Å²) in [6, 6.07) is 2.53. The lowest BCUT2D eigenvalue weighted by Crippen LogP contribution is -2.44. The van der Waals surface area contributed by atoms with Crippen LogP contribution in [0.5, 0.6) is 0 Å². The van der Waals surface area contributed by atoms with E-state index in [0.717, 1.165) is 45.4 Å². The Balaban J connectivity index is 1.26. The minimum atomic E-state index is 0.000575. The van der Waals surface area contributed by atoms with Crippen LogP contribution in [-0.4, -0.2) is 72.0 Å². The van der Waals surface area contributed by atoms with Crippen molar-refractivity contribution < 1.29 is 9.59 Å². The van der Waals surface area contributed by atoms with Crippen LogP contribution < -0.4 is 10.2 Å². The van der Waals surface area contributed by atoms with E-state index < -0.39 is 0 Å². The van der Waals surface area contributed by atoms with Gasteiger partial charge in [0.2, 0.25) is 5.91 Å². The second-order valence-electron chi connectivity index (χ2n) is 8.02. The van der Waals surface area contributed by atoms with Crippen LogP contribution in [0.3, 0.4) is 0 Å². The molecule has 2 aliphatic heterocycles. The first-order chi connectivity index (χ1) is 13.1. The summed E-state index contributed by atoms with van der Waals surface area (Å²) in [6.07, 6.45) is 7.53. The highest BCUT2D eigenvalue weighted by Gasteiger charge is 2.39. The summed E-state index contributed by atoms with van der Waals surface area (Å²) >= 11 is 0. The molecule has 0 radical (unpaired) electrons. The third-order valence-corrected chi connectivity index (χ3v) is 5.88. The number of anilines is 1. The molecule has 1 aliphatic carbocycles. The van der Waals surface area contributed by atoms with Gasteiger partial charge in [-0.05, 0) is 37.8 Å². The molecule has 0 aromatic carbocycles. The molecule has 1 atom stereocenters. The van der Waals surface area contributed by atoms with Crippen molar-refractivity contribution in [1.29, 1.82) is 0 Å². The Morgan fingerprint density at radius 3 is 2.89 bits per heavy atom. The van der Waals surface area contributed by atoms with Crippen molar-refractivity contribution in [3.63, 3.8) is 0 Å². The number of hydrogen-bond donors (Lipinski definition) is 1. The summed E-state index contributed by atoms with van der Waals surface area (Å²) < 4.78 is 0. The van der Waals surface area contributed by atoms with Crippen LogP contribution in [0, 0.1) is 12.8 Å². The molecule has 1 saturated carbocycles. The van der Waals surface area contributed by atoms with Crippen molar-refractivity contribution in [2.45, 2.75) is 38.6 Å². The molecular weight excluding hydrogens is 342 g/mol. The Kier molecular flexibility index (Phi) is 5.18. The Labute approximate surface area is 160 Å². The second kappa shape index (κ2) is 7.74. The molecule has 3 fully saturated rings. The van der Waals surface area contributed by atoms with Crippen molar-refractivity contribution >= 4 is 17.6 Å². The molecule has 3 aliphatic rings. The van der Waals surface area contributed by atoms with Crippen LogP contribution in [0.25, 0.3) is 0 Å². The Hall–Kier alpha value is -2.31. The van der Waals surface area contributed by atoms with Crippen molar-refractivity contribution in [3.05, 3.63) is 24.0 Å². The van der Waals surface area contributed by atoms with Gasteiger partial charge in [0.05, 0.1) is 0 Å². The number of carbonyl (C=O) groups is 2. The lowest BCUT2D eigenvalue weighted by molar-refractivity contribution is -0.128. The molecule has 1 aromatic heterocycles. The first-order valence-electron chi connectivity index (χ1n) is 10.1. The van der Waals surface area contributed by atoms with Gasteiger partial charge < -0.3 is 20.0 Å². The number of urea groups is 1. The maximum Gasteiger partial charge on any atom is 0.317 e. The molecule has 1 aromatic rings. The van der Waals surface area contributed by atoms with E-state index >= 15 is 0 Å². The Morgan fingerprint density at radius 2 is 2.11 bits per heavy atom. The molecule has 7 nitrogen and oxygen atoms in total. The summed E-state index contributed by atoms with van der Waals surface area (Å²) in [7, 11) is 0. The zero-order valence-corrected chi connectivity index (χ0v) is 16.1. The van der Waals surface area contributed by atoms with Gasteiger partial charge >= 0.3 is 6.03 Å². The maximum atomic E-state index is 12.6. The van der Waals surface area contributed by atoms with Gasteiger partial charge in [-0.2, -0.15) is 0 Å². The molecule has 4 rings (SSSR count). The third kappa shape index (κ3) is 4.17. The molecule has 3 heterocycles. The first-order valence-corrected chi connectivity index (χ1v) is 10.1. The van der Waals surface area contributed by atoms with Crippen LogP contribution >= 0.6 is 0 Å². The zero-order valence-electron chi connectivity index (χ0n) is 16.1. The van der Waals surface area contributed by atoms with Crippen molar-refractivity contribution in [2.75, 3.05) is 44.2 Å². The van der Waals surface area contributed by atoms with Gasteiger partial charge in [-0.25, -0.2) is 4.79 Å². The predicted octanol–water partition coefficient (Wildman–Crippen LogP) is 1.62. The fourth-order valence-corrected chi connectivity index (χ4v) is 4.21. The van der Waals surface area contributed by atoms with Gasteiger partial charge in [-0.3, -0.25) is 9.78 Å². The normalized spacial score (nSPS) is 23.5. The quantitative estimate of drug-likeness (QED) is 0.873. The average molecular weight is 371 g/mol. The minimum absolute atomic E-state index is 0.000575. The number of aromatic nitrogens is 1. The number of rotatable bonds is 4. The predicted molar refractivity (Wildman–Crippen MR) is 104 cm³/mol. The molecule has 1 N–H and O–H groups in total. The Bertz CT molecular complexity index is 705. The molecule has 2 saturated heterocycles. The van der Waals surface area contributed by atoms with Crippen LogP contribution in [0.4, 0.5) is 10.5 Å². The second-order valence-corrected chi connectivity index (χ2v) is 8.02. The van der Waals surface area contributed by atoms with Crippen molar-refractivity contribution in [3.8, 4) is 0 Å². The highest BCUT2D eigenvalue weighted by atomic mass is 16.2. The van der Waals surface area contributed by atoms with Crippen molar-refractivity contribution in [1.82, 2.24) is 20.1 Å². The van der Waals surface area contributed by atoms with Crippen molar-refractivity contribution in [2.24, 2.45) is 5.92 Å². The third-order valence-electron chi connectivity index (χ3n) is 5.88. The minimum Gasteiger partial charge on any atom is -0.369 e. The zero-order chi connectivity index (χ0) is 18.8. The number of likely N-dealkylation sites (tertiary alicyclic amines) is 1. The monoisotopic (exact) mass is 371 g/mol. The fraction of sp³-hybridized carbons (Fsp3) is 0.650. The van der Waals surface area contributed by atoms with Crippen LogP contribution in [0.2, 0.25) is 0 Å². The lowest BCUT2D eigenvalue weighted by atomic mass is 10.1. The molecule has 27 heavy (non-hydrogen) atoms. The molecule has 0 bridgehead atoms. The van der Waals surface area contributed by atoms with E-state index in [1.54, 1.807) is 0 Å². The highest BCUT2D eigenvalue weighted by molar-refractivity contribution is 5.79. The molecular formula is C20H29N5O2. The number of nitrogens with zero attached hydrogens (tertiary/aromatic N) is 4. The van der Waals surface area contributed by atoms with Gasteiger partial charge in [-0.1, -0.05) is 0 Å². The summed E-state index contributed by atoms with van der Waals surface area (Å²) in [5, 5.41) is 3.07. The van der Waals surface area contributed by atoms with Gasteiger partial charge in [0.15, 0.2) is 0 Å². The standard InChI is InChI=1S/C20H29N5O2/c1-15-12-21-6-5-18(15)23-7-2-8-24(10-9-23)20(27)22-13-16-11-19(26)25(14-16)17-3-4-17/h5-6,12,16-17H,2-4,7-11,13-14H2,1H3,(H,22,27)/t16-/m0/s1. The van der Waals surface area contributed by atoms with Gasteiger partial charge in [-0.15, -0.1) is 0 Å². The molecule has 3 amide bonds. The lowest BCUT2D eigenvalue weighted by Gasteiger charge is -2.25. The summed E-state index contributed by atoms with van der Waals surface area (Å²) in [4.78, 5) is 35.1. The largest absolute Gasteiger partial charge is 0.369 e. The van der Waals surface area contributed by atoms with Crippen LogP contribution in [-0.2, 0) is 4.79 Å². The van der Waals surface area contributed by atoms with E-state index in [9.17, 15) is 9.59 Å². The molecule has 0 unspecified atom stereocenters. The smallest absolute Gasteiger partial charge is 0.317 e. The van der Waals surface area contributed by atoms with Gasteiger partial charge in [0.1, 0.15) is 0 Å². The summed E-state index contributed by atoms with van der Waals surface area (Å²) in [5.74, 6) is 0.514. The topological polar surface area (TPSA) is 68.8 Å². The van der Waals surface area contributed by atoms with Crippen LogP contribution in [0.15, 0.2) is 18.5 Å². The van der Waals surface area contributed by atoms with Gasteiger partial charge in [0, 0.05) is 75.7 Å². The SMILES string of the molecule is Cc1cnccc1N1CCCN(C(=O)NC[C@@H]2CC(=O)N(C3CC3)C2)CC1. The van der Waals surface area contributed by atoms with Crippen LogP contribution in [0.1, 0.15) is 31.2 Å². The molecule has 146 valence electrons. The maximum absolute atomic E-state index is 12.6. The van der Waals surface area contributed by atoms with Gasteiger partial charge in [0.25, 0.3) is 0 Å². The summed E-state index contributed by atoms with van der Waals surface area (Å²) in [5.41, 5.74) is 2.37. The Morgan fingerprint density at radius 1 is 1.26 bits per heavy atom. The van der Waals surface area contributed by atoms with E-state index in [4.69, 9.17) is 0 Å². The summed E-state index contributed by atoms with van der Waals surface area (Å²) in [6.45, 7) is 6.73. The molecule has 0 spiro atoms. The number of amides is 3. The fourth-order valence-electron chi connectivity index (χ4n) is 4.21. The number of nitrogens with one attached hydrogen (secondary N) is 1. The van der Waals surface area contributed by atoms with E-state index in [1.807, 2.05) is 28.3 Å². The highest BCUT2D eigenvalue weighted by Crippen LogP contribution is 2.32. The van der Waals surface area contributed by atoms with E-state index in [1.165, 1.54) is 11.3 Å².